The van der Waals surface area contributed by atoms with Crippen molar-refractivity contribution in [2.75, 3.05) is 0 Å². The molecule has 0 aromatic heterocycles. The maximum atomic E-state index is 13.3. The Balaban J connectivity index is 2.82. The first kappa shape index (κ1) is 13.4. The number of aliphatic carboxylic acids is 1. The number of hydrogen-bond donors (Lipinski definition) is 1. The number of ether oxygens (including phenoxy) is 1. The highest BCUT2D eigenvalue weighted by Crippen LogP contribution is 2.13. The monoisotopic (exact) mass is 238 g/mol. The molecule has 17 heavy (non-hydrogen) atoms. The van der Waals surface area contributed by atoms with Gasteiger partial charge in [-0.05, 0) is 37.6 Å². The first-order chi connectivity index (χ1) is 7.99. The van der Waals surface area contributed by atoms with Crippen LogP contribution < -0.4 is 0 Å². The predicted molar refractivity (Wildman–Crippen MR) is 63.0 cm³/mol. The average Bonchev–Trinajstić information content (AvgIpc) is 2.26. The first-order valence-corrected chi connectivity index (χ1v) is 5.30. The molecule has 0 radical (unpaired) electrons. The van der Waals surface area contributed by atoms with Crippen molar-refractivity contribution in [1.82, 2.24) is 0 Å². The minimum atomic E-state index is -1.10. The summed E-state index contributed by atoms with van der Waals surface area (Å²) in [6.07, 6.45) is 2.24. The molecule has 0 aliphatic heterocycles. The third-order valence-corrected chi connectivity index (χ3v) is 2.05. The second-order valence-corrected chi connectivity index (χ2v) is 3.89. The smallest absolute Gasteiger partial charge is 0.328 e. The molecule has 0 saturated heterocycles. The Morgan fingerprint density at radius 2 is 2.24 bits per heavy atom. The van der Waals surface area contributed by atoms with Crippen LogP contribution in [0.1, 0.15) is 25.0 Å². The highest BCUT2D eigenvalue weighted by Gasteiger charge is 2.02. The van der Waals surface area contributed by atoms with Gasteiger partial charge < -0.3 is 9.84 Å². The van der Waals surface area contributed by atoms with Crippen molar-refractivity contribution in [2.24, 2.45) is 0 Å². The van der Waals surface area contributed by atoms with E-state index in [-0.39, 0.29) is 11.7 Å². The quantitative estimate of drug-likeness (QED) is 0.802. The molecule has 0 amide bonds. The third kappa shape index (κ3) is 4.78. The van der Waals surface area contributed by atoms with Gasteiger partial charge in [-0.15, -0.1) is 0 Å². The van der Waals surface area contributed by atoms with E-state index in [4.69, 9.17) is 9.84 Å². The van der Waals surface area contributed by atoms with Crippen LogP contribution >= 0.6 is 0 Å². The molecule has 0 spiro atoms. The van der Waals surface area contributed by atoms with Gasteiger partial charge in [0.05, 0.1) is 12.7 Å². The molecule has 1 rings (SSSR count). The van der Waals surface area contributed by atoms with Crippen LogP contribution in [-0.2, 0) is 16.1 Å². The van der Waals surface area contributed by atoms with Crippen LogP contribution in [0.2, 0.25) is 0 Å². The van der Waals surface area contributed by atoms with E-state index < -0.39 is 11.8 Å². The number of carbonyl (C=O) groups is 1. The van der Waals surface area contributed by atoms with Gasteiger partial charge in [0.2, 0.25) is 0 Å². The summed E-state index contributed by atoms with van der Waals surface area (Å²) >= 11 is 0. The minimum Gasteiger partial charge on any atom is -0.478 e. The Kier molecular flexibility index (Phi) is 4.84. The number of halogens is 1. The molecule has 0 fully saturated rings. The molecule has 4 heteroatoms. The largest absolute Gasteiger partial charge is 0.478 e. The fourth-order valence-electron chi connectivity index (χ4n) is 1.23. The van der Waals surface area contributed by atoms with Gasteiger partial charge in [0.15, 0.2) is 0 Å². The van der Waals surface area contributed by atoms with Crippen LogP contribution in [0.25, 0.3) is 6.08 Å². The van der Waals surface area contributed by atoms with Crippen molar-refractivity contribution < 1.29 is 19.0 Å². The molecule has 1 N–H and O–H groups in total. The second-order valence-electron chi connectivity index (χ2n) is 3.89. The van der Waals surface area contributed by atoms with Gasteiger partial charge in [0, 0.05) is 11.6 Å². The van der Waals surface area contributed by atoms with Gasteiger partial charge in [-0.25, -0.2) is 9.18 Å². The van der Waals surface area contributed by atoms with E-state index in [1.54, 1.807) is 12.1 Å². The second kappa shape index (κ2) is 6.15. The van der Waals surface area contributed by atoms with E-state index in [9.17, 15) is 9.18 Å². The third-order valence-electron chi connectivity index (χ3n) is 2.05. The summed E-state index contributed by atoms with van der Waals surface area (Å²) in [5.41, 5.74) is 1.06. The Morgan fingerprint density at radius 1 is 1.53 bits per heavy atom. The minimum absolute atomic E-state index is 0.0954. The molecule has 0 saturated carbocycles. The number of carboxylic acids is 1. The molecular formula is C13H15FO3. The normalized spacial score (nSPS) is 11.3. The van der Waals surface area contributed by atoms with Crippen molar-refractivity contribution in [3.05, 3.63) is 41.2 Å². The van der Waals surface area contributed by atoms with Gasteiger partial charge in [-0.3, -0.25) is 0 Å². The van der Waals surface area contributed by atoms with Crippen molar-refractivity contribution in [2.45, 2.75) is 26.6 Å². The van der Waals surface area contributed by atoms with Gasteiger partial charge in [-0.1, -0.05) is 6.07 Å². The summed E-state index contributed by atoms with van der Waals surface area (Å²) in [5, 5.41) is 8.48. The van der Waals surface area contributed by atoms with Crippen LogP contribution in [0.3, 0.4) is 0 Å². The summed E-state index contributed by atoms with van der Waals surface area (Å²) in [6, 6.07) is 4.51. The molecule has 0 heterocycles. The molecular weight excluding hydrogens is 223 g/mol. The number of hydrogen-bond acceptors (Lipinski definition) is 2. The molecule has 3 nitrogen and oxygen atoms in total. The van der Waals surface area contributed by atoms with Gasteiger partial charge >= 0.3 is 5.97 Å². The lowest BCUT2D eigenvalue weighted by atomic mass is 10.1. The van der Waals surface area contributed by atoms with Crippen LogP contribution in [0.15, 0.2) is 24.3 Å². The lowest BCUT2D eigenvalue weighted by Crippen LogP contribution is -2.02. The van der Waals surface area contributed by atoms with Gasteiger partial charge in [0.1, 0.15) is 5.82 Å². The first-order valence-electron chi connectivity index (χ1n) is 5.30. The van der Waals surface area contributed by atoms with E-state index in [1.807, 2.05) is 13.8 Å². The van der Waals surface area contributed by atoms with Crippen LogP contribution in [-0.4, -0.2) is 17.2 Å². The van der Waals surface area contributed by atoms with Gasteiger partial charge in [-0.2, -0.15) is 0 Å². The number of benzene rings is 1. The van der Waals surface area contributed by atoms with E-state index in [0.29, 0.717) is 6.61 Å². The fraction of sp³-hybridized carbons (Fsp3) is 0.308. The lowest BCUT2D eigenvalue weighted by Gasteiger charge is -2.08. The van der Waals surface area contributed by atoms with Crippen LogP contribution in [0.4, 0.5) is 4.39 Å². The maximum absolute atomic E-state index is 13.3. The number of rotatable bonds is 5. The number of carboxylic acid groups (broad SMARTS) is 1. The van der Waals surface area contributed by atoms with E-state index >= 15 is 0 Å². The molecule has 0 aliphatic carbocycles. The summed E-state index contributed by atoms with van der Waals surface area (Å²) in [6.45, 7) is 4.20. The van der Waals surface area contributed by atoms with Crippen molar-refractivity contribution in [3.8, 4) is 0 Å². The molecule has 1 aromatic carbocycles. The van der Waals surface area contributed by atoms with E-state index in [2.05, 4.69) is 0 Å². The van der Waals surface area contributed by atoms with E-state index in [1.165, 1.54) is 12.1 Å². The van der Waals surface area contributed by atoms with Crippen molar-refractivity contribution in [1.29, 1.82) is 0 Å². The van der Waals surface area contributed by atoms with Crippen molar-refractivity contribution >= 4 is 12.0 Å². The summed E-state index contributed by atoms with van der Waals surface area (Å²) in [4.78, 5) is 10.3. The predicted octanol–water partition coefficient (Wildman–Crippen LogP) is 2.85. The SMILES string of the molecule is CC(C)OCc1ccc(F)c(C=CC(=O)O)c1. The van der Waals surface area contributed by atoms with Crippen LogP contribution in [0.5, 0.6) is 0 Å². The zero-order chi connectivity index (χ0) is 12.8. The fourth-order valence-corrected chi connectivity index (χ4v) is 1.23. The van der Waals surface area contributed by atoms with E-state index in [0.717, 1.165) is 11.6 Å². The molecule has 92 valence electrons. The zero-order valence-electron chi connectivity index (χ0n) is 9.81. The summed E-state index contributed by atoms with van der Waals surface area (Å²) in [7, 11) is 0. The lowest BCUT2D eigenvalue weighted by molar-refractivity contribution is -0.131. The molecule has 0 unspecified atom stereocenters. The Morgan fingerprint density at radius 3 is 2.82 bits per heavy atom. The molecule has 0 aliphatic rings. The molecule has 0 atom stereocenters. The Labute approximate surface area is 99.5 Å². The van der Waals surface area contributed by atoms with Crippen molar-refractivity contribution in [3.63, 3.8) is 0 Å². The molecule has 0 bridgehead atoms. The highest BCUT2D eigenvalue weighted by atomic mass is 19.1. The highest BCUT2D eigenvalue weighted by molar-refractivity contribution is 5.85. The maximum Gasteiger partial charge on any atom is 0.328 e. The molecule has 1 aromatic rings. The summed E-state index contributed by atoms with van der Waals surface area (Å²) < 4.78 is 18.7. The van der Waals surface area contributed by atoms with Gasteiger partial charge in [0.25, 0.3) is 0 Å². The van der Waals surface area contributed by atoms with Crippen LogP contribution in [0, 0.1) is 5.82 Å². The average molecular weight is 238 g/mol. The summed E-state index contributed by atoms with van der Waals surface area (Å²) in [5.74, 6) is -1.55. The standard InChI is InChI=1S/C13H15FO3/c1-9(2)17-8-10-3-5-12(14)11(7-10)4-6-13(15)16/h3-7,9H,8H2,1-2H3,(H,15,16). The Bertz CT molecular complexity index is 425. The topological polar surface area (TPSA) is 46.5 Å². The Hall–Kier alpha value is -1.68. The zero-order valence-corrected chi connectivity index (χ0v) is 9.81.